The van der Waals surface area contributed by atoms with E-state index >= 15 is 0 Å². The average molecular weight is 1060 g/mol. The summed E-state index contributed by atoms with van der Waals surface area (Å²) in [5, 5.41) is 0. The Morgan fingerprint density at radius 3 is 0.776 bits per heavy atom. The molecule has 1 unspecified atom stereocenters. The van der Waals surface area contributed by atoms with Gasteiger partial charge in [-0.15, -0.1) is 0 Å². The van der Waals surface area contributed by atoms with E-state index in [1.54, 1.807) is 0 Å². The second-order valence-electron chi connectivity index (χ2n) is 22.4. The van der Waals surface area contributed by atoms with Crippen LogP contribution in [0.2, 0.25) is 0 Å². The largest absolute Gasteiger partial charge is 0.462 e. The third kappa shape index (κ3) is 62.0. The second-order valence-corrected chi connectivity index (χ2v) is 22.4. The lowest BCUT2D eigenvalue weighted by Gasteiger charge is -2.18. The molecular weight excluding hydrogens is 937 g/mol. The van der Waals surface area contributed by atoms with Crippen molar-refractivity contribution in [2.24, 2.45) is 0 Å². The highest BCUT2D eigenvalue weighted by atomic mass is 16.6. The summed E-state index contributed by atoms with van der Waals surface area (Å²) in [6.45, 7) is 6.62. The molecule has 0 aromatic carbocycles. The van der Waals surface area contributed by atoms with Crippen molar-refractivity contribution in [2.75, 3.05) is 13.2 Å². The first-order valence-corrected chi connectivity index (χ1v) is 33.3. The molecule has 6 heteroatoms. The van der Waals surface area contributed by atoms with Crippen molar-refractivity contribution in [1.82, 2.24) is 0 Å². The number of carbonyl (C=O) groups excluding carboxylic acids is 3. The van der Waals surface area contributed by atoms with E-state index in [2.05, 4.69) is 81.5 Å². The predicted octanol–water partition coefficient (Wildman–Crippen LogP) is 22.7. The first-order chi connectivity index (χ1) is 37.5. The van der Waals surface area contributed by atoms with Gasteiger partial charge in [-0.3, -0.25) is 14.4 Å². The van der Waals surface area contributed by atoms with Gasteiger partial charge in [-0.2, -0.15) is 0 Å². The Kier molecular flexibility index (Phi) is 62.2. The van der Waals surface area contributed by atoms with Crippen LogP contribution in [0, 0.1) is 0 Å². The van der Waals surface area contributed by atoms with E-state index in [0.29, 0.717) is 19.3 Å². The van der Waals surface area contributed by atoms with E-state index in [1.807, 2.05) is 0 Å². The van der Waals surface area contributed by atoms with Gasteiger partial charge in [0, 0.05) is 19.3 Å². The summed E-state index contributed by atoms with van der Waals surface area (Å²) in [6, 6.07) is 0. The van der Waals surface area contributed by atoms with Crippen LogP contribution in [-0.2, 0) is 28.6 Å². The summed E-state index contributed by atoms with van der Waals surface area (Å²) < 4.78 is 16.9. The maximum Gasteiger partial charge on any atom is 0.306 e. The number of hydrogen-bond donors (Lipinski definition) is 0. The van der Waals surface area contributed by atoms with Crippen molar-refractivity contribution in [1.29, 1.82) is 0 Å². The van der Waals surface area contributed by atoms with Crippen LogP contribution in [0.3, 0.4) is 0 Å². The van der Waals surface area contributed by atoms with Crippen molar-refractivity contribution in [3.63, 3.8) is 0 Å². The zero-order valence-electron chi connectivity index (χ0n) is 50.8. The Hall–Kier alpha value is -2.89. The molecule has 0 aliphatic rings. The Morgan fingerprint density at radius 1 is 0.263 bits per heavy atom. The lowest BCUT2D eigenvalue weighted by molar-refractivity contribution is -0.167. The SMILES string of the molecule is CCCCC/C=C\CCCCCCCC(=O)OCC(COC(=O)CCCCCCCCCCCCCCCCCC/C=C\C/C=C\C/C=C\CCCCCCC)OC(=O)CCCCCCC/C=C\CCCCCCCC. The number of carbonyl (C=O) groups is 3. The van der Waals surface area contributed by atoms with Crippen LogP contribution in [0.25, 0.3) is 0 Å². The van der Waals surface area contributed by atoms with Crippen molar-refractivity contribution in [2.45, 2.75) is 354 Å². The molecule has 0 bridgehead atoms. The van der Waals surface area contributed by atoms with E-state index in [1.165, 1.54) is 225 Å². The first-order valence-electron chi connectivity index (χ1n) is 33.3. The molecule has 0 aliphatic carbocycles. The molecule has 76 heavy (non-hydrogen) atoms. The maximum absolute atomic E-state index is 12.9. The molecule has 0 radical (unpaired) electrons. The molecule has 0 fully saturated rings. The van der Waals surface area contributed by atoms with Gasteiger partial charge in [0.15, 0.2) is 6.10 Å². The average Bonchev–Trinajstić information content (AvgIpc) is 3.42. The summed E-state index contributed by atoms with van der Waals surface area (Å²) in [5.41, 5.74) is 0. The van der Waals surface area contributed by atoms with Crippen LogP contribution in [0.5, 0.6) is 0 Å². The van der Waals surface area contributed by atoms with Crippen molar-refractivity contribution in [3.8, 4) is 0 Å². The van der Waals surface area contributed by atoms with E-state index in [4.69, 9.17) is 14.2 Å². The third-order valence-corrected chi connectivity index (χ3v) is 14.7. The fourth-order valence-corrected chi connectivity index (χ4v) is 9.68. The highest BCUT2D eigenvalue weighted by Crippen LogP contribution is 2.17. The fourth-order valence-electron chi connectivity index (χ4n) is 9.68. The Morgan fingerprint density at radius 2 is 0.474 bits per heavy atom. The molecule has 0 amide bonds. The summed E-state index contributed by atoms with van der Waals surface area (Å²) in [6.07, 6.45) is 82.5. The van der Waals surface area contributed by atoms with Gasteiger partial charge in [0.2, 0.25) is 0 Å². The smallest absolute Gasteiger partial charge is 0.306 e. The van der Waals surface area contributed by atoms with Crippen LogP contribution in [0.15, 0.2) is 60.8 Å². The van der Waals surface area contributed by atoms with Crippen LogP contribution >= 0.6 is 0 Å². The predicted molar refractivity (Wildman–Crippen MR) is 330 cm³/mol. The van der Waals surface area contributed by atoms with Gasteiger partial charge in [0.25, 0.3) is 0 Å². The van der Waals surface area contributed by atoms with Crippen molar-refractivity contribution >= 4 is 17.9 Å². The van der Waals surface area contributed by atoms with Crippen LogP contribution < -0.4 is 0 Å². The normalized spacial score (nSPS) is 12.4. The molecule has 0 saturated carbocycles. The monoisotopic (exact) mass is 1060 g/mol. The van der Waals surface area contributed by atoms with Crippen LogP contribution in [-0.4, -0.2) is 37.2 Å². The summed E-state index contributed by atoms with van der Waals surface area (Å²) in [7, 11) is 0. The number of esters is 3. The molecule has 0 aromatic heterocycles. The van der Waals surface area contributed by atoms with Gasteiger partial charge in [0.1, 0.15) is 13.2 Å². The van der Waals surface area contributed by atoms with E-state index < -0.39 is 6.10 Å². The van der Waals surface area contributed by atoms with Crippen LogP contribution in [0.1, 0.15) is 348 Å². The van der Waals surface area contributed by atoms with Gasteiger partial charge in [0.05, 0.1) is 0 Å². The van der Waals surface area contributed by atoms with Gasteiger partial charge in [-0.1, -0.05) is 281 Å². The topological polar surface area (TPSA) is 78.9 Å². The molecule has 0 heterocycles. The summed E-state index contributed by atoms with van der Waals surface area (Å²) >= 11 is 0. The lowest BCUT2D eigenvalue weighted by Crippen LogP contribution is -2.30. The van der Waals surface area contributed by atoms with Crippen LogP contribution in [0.4, 0.5) is 0 Å². The molecule has 442 valence electrons. The Bertz CT molecular complexity index is 1360. The highest BCUT2D eigenvalue weighted by Gasteiger charge is 2.19. The molecule has 0 aliphatic heterocycles. The molecule has 1 atom stereocenters. The van der Waals surface area contributed by atoms with Crippen molar-refractivity contribution < 1.29 is 28.6 Å². The van der Waals surface area contributed by atoms with Gasteiger partial charge in [-0.25, -0.2) is 0 Å². The minimum absolute atomic E-state index is 0.0773. The van der Waals surface area contributed by atoms with Gasteiger partial charge < -0.3 is 14.2 Å². The fraction of sp³-hybridized carbons (Fsp3) is 0.814. The molecule has 0 N–H and O–H groups in total. The molecule has 0 aromatic rings. The zero-order chi connectivity index (χ0) is 55.0. The number of allylic oxidation sites excluding steroid dienone is 10. The van der Waals surface area contributed by atoms with E-state index in [9.17, 15) is 14.4 Å². The Balaban J connectivity index is 4.15. The second kappa shape index (κ2) is 64.6. The molecule has 0 spiro atoms. The minimum atomic E-state index is -0.780. The molecule has 6 nitrogen and oxygen atoms in total. The van der Waals surface area contributed by atoms with E-state index in [0.717, 1.165) is 83.5 Å². The lowest BCUT2D eigenvalue weighted by atomic mass is 10.0. The zero-order valence-corrected chi connectivity index (χ0v) is 50.8. The van der Waals surface area contributed by atoms with Gasteiger partial charge >= 0.3 is 17.9 Å². The van der Waals surface area contributed by atoms with Gasteiger partial charge in [-0.05, 0) is 109 Å². The molecule has 0 rings (SSSR count). The third-order valence-electron chi connectivity index (χ3n) is 14.7. The number of unbranched alkanes of at least 4 members (excludes halogenated alkanes) is 40. The standard InChI is InChI=1S/C70H126O6/c1-4-7-10-13-16-19-22-25-27-28-29-30-31-32-33-34-35-36-37-38-39-40-41-42-44-45-48-51-54-57-60-63-69(72)75-66-67(65-74-68(71)62-59-56-53-50-47-24-21-18-15-12-9-6-3)76-70(73)64-61-58-55-52-49-46-43-26-23-20-17-14-11-8-5-2/h18,21-22,25-26,28-29,31-32,43,67H,4-17,19-20,23-24,27,30,33-42,44-66H2,1-3H3/b21-18-,25-22-,29-28-,32-31-,43-26-. The number of ether oxygens (including phenoxy) is 3. The molecule has 0 saturated heterocycles. The quantitative estimate of drug-likeness (QED) is 0.0261. The summed E-state index contributed by atoms with van der Waals surface area (Å²) in [4.78, 5) is 38.2. The Labute approximate surface area is 472 Å². The number of hydrogen-bond acceptors (Lipinski definition) is 6. The maximum atomic E-state index is 12.9. The first kappa shape index (κ1) is 73.1. The number of rotatable bonds is 61. The summed E-state index contributed by atoms with van der Waals surface area (Å²) in [5.74, 6) is -0.879. The van der Waals surface area contributed by atoms with E-state index in [-0.39, 0.29) is 31.1 Å². The minimum Gasteiger partial charge on any atom is -0.462 e. The van der Waals surface area contributed by atoms with Crippen molar-refractivity contribution in [3.05, 3.63) is 60.8 Å². The highest BCUT2D eigenvalue weighted by molar-refractivity contribution is 5.71. The molecular formula is C70H126O6.